The van der Waals surface area contributed by atoms with E-state index >= 15 is 0 Å². The third-order valence-corrected chi connectivity index (χ3v) is 5.26. The van der Waals surface area contributed by atoms with Gasteiger partial charge < -0.3 is 4.90 Å². The summed E-state index contributed by atoms with van der Waals surface area (Å²) in [6.45, 7) is 5.42. The third-order valence-electron chi connectivity index (χ3n) is 5.26. The first-order valence-corrected chi connectivity index (χ1v) is 8.10. The van der Waals surface area contributed by atoms with Gasteiger partial charge in [-0.2, -0.15) is 5.26 Å². The lowest BCUT2D eigenvalue weighted by Crippen LogP contribution is -2.54. The van der Waals surface area contributed by atoms with E-state index in [1.165, 1.54) is 58.0 Å². The average molecular weight is 261 g/mol. The van der Waals surface area contributed by atoms with Crippen LogP contribution in [-0.2, 0) is 0 Å². The Morgan fingerprint density at radius 3 is 2.58 bits per heavy atom. The van der Waals surface area contributed by atoms with Gasteiger partial charge in [0.2, 0.25) is 0 Å². The molecule has 106 valence electrons. The van der Waals surface area contributed by atoms with Gasteiger partial charge >= 0.3 is 0 Å². The Labute approximate surface area is 117 Å². The second-order valence-electron chi connectivity index (χ2n) is 7.19. The Morgan fingerprint density at radius 1 is 1.16 bits per heavy atom. The number of likely N-dealkylation sites (tertiary alicyclic amines) is 1. The number of nitrogens with one attached hydrogen (secondary N) is 1. The highest BCUT2D eigenvalue weighted by molar-refractivity contribution is 5.09. The fraction of sp³-hybridized carbons (Fsp3) is 0.938. The maximum absolute atomic E-state index is 9.49. The van der Waals surface area contributed by atoms with Crippen LogP contribution in [0.2, 0.25) is 0 Å². The average Bonchev–Trinajstić information content (AvgIpc) is 3.22. The van der Waals surface area contributed by atoms with Crippen molar-refractivity contribution in [1.82, 2.24) is 10.2 Å². The van der Waals surface area contributed by atoms with Crippen LogP contribution in [-0.4, -0.2) is 36.1 Å². The molecule has 0 radical (unpaired) electrons. The topological polar surface area (TPSA) is 39.1 Å². The molecule has 0 aromatic rings. The summed E-state index contributed by atoms with van der Waals surface area (Å²) in [5.74, 6) is 1.89. The van der Waals surface area contributed by atoms with Gasteiger partial charge in [-0.15, -0.1) is 0 Å². The van der Waals surface area contributed by atoms with Crippen molar-refractivity contribution in [3.8, 4) is 6.07 Å². The molecule has 2 saturated carbocycles. The molecule has 3 rings (SSSR count). The predicted octanol–water partition coefficient (Wildman–Crippen LogP) is 2.53. The van der Waals surface area contributed by atoms with Crippen LogP contribution in [0.1, 0.15) is 51.9 Å². The van der Waals surface area contributed by atoms with Crippen LogP contribution in [0.4, 0.5) is 0 Å². The highest BCUT2D eigenvalue weighted by Gasteiger charge is 2.37. The van der Waals surface area contributed by atoms with E-state index in [2.05, 4.69) is 23.2 Å². The zero-order valence-electron chi connectivity index (χ0n) is 12.2. The molecule has 3 heteroatoms. The molecule has 3 atom stereocenters. The molecule has 0 aromatic heterocycles. The van der Waals surface area contributed by atoms with Gasteiger partial charge in [-0.3, -0.25) is 5.32 Å². The molecule has 0 amide bonds. The molecule has 3 fully saturated rings. The lowest BCUT2D eigenvalue weighted by Gasteiger charge is -2.43. The third kappa shape index (κ3) is 3.30. The van der Waals surface area contributed by atoms with Crippen molar-refractivity contribution >= 4 is 0 Å². The van der Waals surface area contributed by atoms with Crippen LogP contribution < -0.4 is 5.32 Å². The second kappa shape index (κ2) is 5.42. The quantitative estimate of drug-likeness (QED) is 0.845. The van der Waals surface area contributed by atoms with Crippen LogP contribution in [0.15, 0.2) is 0 Å². The Hall–Kier alpha value is -0.590. The van der Waals surface area contributed by atoms with Crippen LogP contribution in [0.25, 0.3) is 0 Å². The highest BCUT2D eigenvalue weighted by atomic mass is 15.2. The van der Waals surface area contributed by atoms with Gasteiger partial charge in [0.1, 0.15) is 5.54 Å². The van der Waals surface area contributed by atoms with Crippen LogP contribution in [0.3, 0.4) is 0 Å². The van der Waals surface area contributed by atoms with Gasteiger partial charge in [0.15, 0.2) is 0 Å². The predicted molar refractivity (Wildman–Crippen MR) is 76.7 cm³/mol. The van der Waals surface area contributed by atoms with Crippen molar-refractivity contribution in [3.63, 3.8) is 0 Å². The summed E-state index contributed by atoms with van der Waals surface area (Å²) in [5.41, 5.74) is -0.345. The number of nitriles is 1. The van der Waals surface area contributed by atoms with Crippen molar-refractivity contribution in [1.29, 1.82) is 5.26 Å². The van der Waals surface area contributed by atoms with E-state index in [-0.39, 0.29) is 5.54 Å². The van der Waals surface area contributed by atoms with Gasteiger partial charge in [-0.05, 0) is 51.0 Å². The number of rotatable bonds is 4. The molecule has 3 unspecified atom stereocenters. The number of nitrogens with zero attached hydrogens (tertiary/aromatic N) is 2. The van der Waals surface area contributed by atoms with Crippen molar-refractivity contribution < 1.29 is 0 Å². The van der Waals surface area contributed by atoms with E-state index in [1.807, 2.05) is 0 Å². The van der Waals surface area contributed by atoms with Crippen molar-refractivity contribution in [3.05, 3.63) is 0 Å². The number of piperidine rings is 1. The molecule has 3 nitrogen and oxygen atoms in total. The highest BCUT2D eigenvalue weighted by Crippen LogP contribution is 2.36. The maximum Gasteiger partial charge on any atom is 0.116 e. The maximum atomic E-state index is 9.49. The Kier molecular flexibility index (Phi) is 3.82. The molecule has 2 aliphatic carbocycles. The zero-order chi connectivity index (χ0) is 13.3. The molecule has 0 aromatic carbocycles. The first-order chi connectivity index (χ1) is 9.18. The first-order valence-electron chi connectivity index (χ1n) is 8.10. The normalized spacial score (nSPS) is 35.2. The molecule has 1 saturated heterocycles. The van der Waals surface area contributed by atoms with Gasteiger partial charge in [0.05, 0.1) is 6.07 Å². The van der Waals surface area contributed by atoms with E-state index in [0.29, 0.717) is 6.04 Å². The van der Waals surface area contributed by atoms with Crippen LogP contribution in [0.5, 0.6) is 0 Å². The van der Waals surface area contributed by atoms with E-state index in [1.54, 1.807) is 0 Å². The van der Waals surface area contributed by atoms with E-state index in [4.69, 9.17) is 0 Å². The number of hydrogen-bond donors (Lipinski definition) is 1. The van der Waals surface area contributed by atoms with Crippen molar-refractivity contribution in [2.24, 2.45) is 11.8 Å². The van der Waals surface area contributed by atoms with Gasteiger partial charge in [0.25, 0.3) is 0 Å². The smallest absolute Gasteiger partial charge is 0.116 e. The van der Waals surface area contributed by atoms with E-state index in [0.717, 1.165) is 18.4 Å². The molecule has 0 bridgehead atoms. The molecule has 19 heavy (non-hydrogen) atoms. The largest absolute Gasteiger partial charge is 0.300 e. The minimum Gasteiger partial charge on any atom is -0.300 e. The van der Waals surface area contributed by atoms with Crippen LogP contribution in [0, 0.1) is 23.2 Å². The minimum atomic E-state index is -0.345. The SMILES string of the molecule is CC(C#N)(CN1CCC2CCCCC2C1)NC1CC1. The molecule has 1 heterocycles. The van der Waals surface area contributed by atoms with Crippen molar-refractivity contribution in [2.45, 2.75) is 63.5 Å². The minimum absolute atomic E-state index is 0.345. The summed E-state index contributed by atoms with van der Waals surface area (Å²) in [4.78, 5) is 2.55. The van der Waals surface area contributed by atoms with Gasteiger partial charge in [-0.1, -0.05) is 19.3 Å². The Balaban J connectivity index is 1.55. The summed E-state index contributed by atoms with van der Waals surface area (Å²) in [6.07, 6.45) is 9.60. The second-order valence-corrected chi connectivity index (χ2v) is 7.19. The Bertz CT molecular complexity index is 357. The van der Waals surface area contributed by atoms with E-state index in [9.17, 15) is 5.26 Å². The molecule has 1 aliphatic heterocycles. The fourth-order valence-corrected chi connectivity index (χ4v) is 4.06. The Morgan fingerprint density at radius 2 is 1.89 bits per heavy atom. The summed E-state index contributed by atoms with van der Waals surface area (Å²) in [6, 6.07) is 3.12. The summed E-state index contributed by atoms with van der Waals surface area (Å²) >= 11 is 0. The van der Waals surface area contributed by atoms with Gasteiger partial charge in [0, 0.05) is 19.1 Å². The first kappa shape index (κ1) is 13.4. The summed E-state index contributed by atoms with van der Waals surface area (Å²) in [7, 11) is 0. The number of fused-ring (bicyclic) bond motifs is 1. The monoisotopic (exact) mass is 261 g/mol. The lowest BCUT2D eigenvalue weighted by molar-refractivity contribution is 0.0740. The molecule has 0 spiro atoms. The molecule has 1 N–H and O–H groups in total. The standard InChI is InChI=1S/C16H27N3/c1-16(11-17,18-15-6-7-15)12-19-9-8-13-4-2-3-5-14(13)10-19/h13-15,18H,2-10,12H2,1H3. The number of hydrogen-bond acceptors (Lipinski definition) is 3. The molecular formula is C16H27N3. The molecule has 3 aliphatic rings. The van der Waals surface area contributed by atoms with E-state index < -0.39 is 0 Å². The molecular weight excluding hydrogens is 234 g/mol. The fourth-order valence-electron chi connectivity index (χ4n) is 4.06. The summed E-state index contributed by atoms with van der Waals surface area (Å²) in [5, 5.41) is 13.0. The zero-order valence-corrected chi connectivity index (χ0v) is 12.2. The van der Waals surface area contributed by atoms with Gasteiger partial charge in [-0.25, -0.2) is 0 Å². The van der Waals surface area contributed by atoms with Crippen molar-refractivity contribution in [2.75, 3.05) is 19.6 Å². The summed E-state index contributed by atoms with van der Waals surface area (Å²) < 4.78 is 0. The lowest BCUT2D eigenvalue weighted by atomic mass is 9.75. The van der Waals surface area contributed by atoms with Crippen LogP contribution >= 0.6 is 0 Å².